The van der Waals surface area contributed by atoms with Crippen molar-refractivity contribution in [2.75, 3.05) is 20.2 Å². The first-order valence-corrected chi connectivity index (χ1v) is 7.59. The summed E-state index contributed by atoms with van der Waals surface area (Å²) in [4.78, 5) is 21.3. The Balaban J connectivity index is 1.75. The Labute approximate surface area is 129 Å². The van der Waals surface area contributed by atoms with E-state index in [0.717, 1.165) is 35.7 Å². The van der Waals surface area contributed by atoms with Crippen LogP contribution in [-0.4, -0.2) is 46.1 Å². The molecule has 1 atom stereocenters. The number of likely N-dealkylation sites (tertiary alicyclic amines) is 1. The fraction of sp³-hybridized carbons (Fsp3) is 0.500. The van der Waals surface area contributed by atoms with Crippen LogP contribution >= 0.6 is 0 Å². The van der Waals surface area contributed by atoms with Gasteiger partial charge < -0.3 is 14.8 Å². The monoisotopic (exact) mass is 303 g/mol. The van der Waals surface area contributed by atoms with Gasteiger partial charge in [-0.2, -0.15) is 0 Å². The van der Waals surface area contributed by atoms with Crippen LogP contribution in [0.25, 0.3) is 11.0 Å². The minimum Gasteiger partial charge on any atom is -0.497 e. The summed E-state index contributed by atoms with van der Waals surface area (Å²) in [5.41, 5.74) is 1.88. The van der Waals surface area contributed by atoms with Crippen LogP contribution in [0.3, 0.4) is 0 Å². The quantitative estimate of drug-likeness (QED) is 0.907. The van der Waals surface area contributed by atoms with Crippen LogP contribution in [0.15, 0.2) is 18.2 Å². The number of benzene rings is 1. The molecule has 1 fully saturated rings. The highest BCUT2D eigenvalue weighted by molar-refractivity contribution is 5.76. The first-order valence-electron chi connectivity index (χ1n) is 7.59. The number of carboxylic acids is 1. The number of carbonyl (C=O) groups is 1. The van der Waals surface area contributed by atoms with Crippen LogP contribution in [0.5, 0.6) is 5.75 Å². The molecule has 0 aliphatic carbocycles. The number of aromatic nitrogens is 2. The average molecular weight is 303 g/mol. The van der Waals surface area contributed by atoms with Crippen molar-refractivity contribution < 1.29 is 14.6 Å². The van der Waals surface area contributed by atoms with E-state index in [9.17, 15) is 4.79 Å². The van der Waals surface area contributed by atoms with Crippen LogP contribution in [0.4, 0.5) is 0 Å². The van der Waals surface area contributed by atoms with Crippen LogP contribution in [0.1, 0.15) is 31.6 Å². The van der Waals surface area contributed by atoms with Gasteiger partial charge in [0, 0.05) is 6.07 Å². The fourth-order valence-electron chi connectivity index (χ4n) is 3.04. The van der Waals surface area contributed by atoms with Crippen molar-refractivity contribution in [1.82, 2.24) is 14.9 Å². The van der Waals surface area contributed by atoms with Crippen molar-refractivity contribution >= 4 is 17.0 Å². The minimum atomic E-state index is -0.678. The van der Waals surface area contributed by atoms with Crippen molar-refractivity contribution in [1.29, 1.82) is 0 Å². The molecule has 2 heterocycles. The third-order valence-corrected chi connectivity index (χ3v) is 4.53. The molecule has 1 aromatic carbocycles. The SMILES string of the molecule is COc1ccc2nc(C(C)N3CCC(C(=O)O)CC3)[nH]c2c1. The third kappa shape index (κ3) is 2.78. The third-order valence-electron chi connectivity index (χ3n) is 4.53. The van der Waals surface area contributed by atoms with E-state index >= 15 is 0 Å². The number of ether oxygens (including phenoxy) is 1. The smallest absolute Gasteiger partial charge is 0.306 e. The van der Waals surface area contributed by atoms with Crippen molar-refractivity contribution in [3.8, 4) is 5.75 Å². The number of nitrogens with one attached hydrogen (secondary N) is 1. The van der Waals surface area contributed by atoms with Gasteiger partial charge in [0.1, 0.15) is 11.6 Å². The summed E-state index contributed by atoms with van der Waals surface area (Å²) in [5, 5.41) is 9.08. The molecule has 0 bridgehead atoms. The van der Waals surface area contributed by atoms with Crippen LogP contribution in [-0.2, 0) is 4.79 Å². The second-order valence-corrected chi connectivity index (χ2v) is 5.83. The Kier molecular flexibility index (Phi) is 4.02. The number of imidazole rings is 1. The van der Waals surface area contributed by atoms with Gasteiger partial charge >= 0.3 is 5.97 Å². The van der Waals surface area contributed by atoms with Gasteiger partial charge in [-0.25, -0.2) is 4.98 Å². The molecule has 1 aliphatic rings. The molecule has 22 heavy (non-hydrogen) atoms. The van der Waals surface area contributed by atoms with Crippen molar-refractivity contribution in [2.24, 2.45) is 5.92 Å². The number of aromatic amines is 1. The number of methoxy groups -OCH3 is 1. The molecule has 3 rings (SSSR count). The van der Waals surface area contributed by atoms with Crippen LogP contribution in [0.2, 0.25) is 0 Å². The zero-order chi connectivity index (χ0) is 15.7. The van der Waals surface area contributed by atoms with Crippen LogP contribution in [0, 0.1) is 5.92 Å². The highest BCUT2D eigenvalue weighted by atomic mass is 16.5. The first-order chi connectivity index (χ1) is 10.6. The van der Waals surface area contributed by atoms with E-state index in [2.05, 4.69) is 21.8 Å². The predicted molar refractivity (Wildman–Crippen MR) is 83.0 cm³/mol. The molecule has 1 unspecified atom stereocenters. The lowest BCUT2D eigenvalue weighted by Crippen LogP contribution is -2.38. The number of carboxylic acid groups (broad SMARTS) is 1. The second-order valence-electron chi connectivity index (χ2n) is 5.83. The number of H-pyrrole nitrogens is 1. The number of nitrogens with zero attached hydrogens (tertiary/aromatic N) is 2. The molecule has 1 aromatic heterocycles. The zero-order valence-corrected chi connectivity index (χ0v) is 12.9. The summed E-state index contributed by atoms with van der Waals surface area (Å²) < 4.78 is 5.23. The topological polar surface area (TPSA) is 78.4 Å². The van der Waals surface area contributed by atoms with Crippen molar-refractivity contribution in [3.05, 3.63) is 24.0 Å². The molecular formula is C16H21N3O3. The summed E-state index contributed by atoms with van der Waals surface area (Å²) >= 11 is 0. The van der Waals surface area contributed by atoms with Crippen LogP contribution < -0.4 is 4.74 Å². The van der Waals surface area contributed by atoms with Gasteiger partial charge in [0.2, 0.25) is 0 Å². The molecule has 0 spiro atoms. The van der Waals surface area contributed by atoms with Crippen molar-refractivity contribution in [2.45, 2.75) is 25.8 Å². The summed E-state index contributed by atoms with van der Waals surface area (Å²) in [7, 11) is 1.65. The molecule has 2 aromatic rings. The summed E-state index contributed by atoms with van der Waals surface area (Å²) in [6.07, 6.45) is 1.40. The maximum Gasteiger partial charge on any atom is 0.306 e. The molecule has 1 saturated heterocycles. The fourth-order valence-corrected chi connectivity index (χ4v) is 3.04. The number of fused-ring (bicyclic) bond motifs is 1. The molecular weight excluding hydrogens is 282 g/mol. The van der Waals surface area contributed by atoms with E-state index in [0.29, 0.717) is 12.8 Å². The Morgan fingerprint density at radius 2 is 2.18 bits per heavy atom. The van der Waals surface area contributed by atoms with Gasteiger partial charge in [0.25, 0.3) is 0 Å². The van der Waals surface area contributed by atoms with E-state index in [1.165, 1.54) is 0 Å². The van der Waals surface area contributed by atoms with E-state index in [-0.39, 0.29) is 12.0 Å². The zero-order valence-electron chi connectivity index (χ0n) is 12.9. The number of piperidine rings is 1. The molecule has 0 radical (unpaired) electrons. The summed E-state index contributed by atoms with van der Waals surface area (Å²) in [6.45, 7) is 3.69. The standard InChI is InChI=1S/C16H21N3O3/c1-10(19-7-5-11(6-8-19)16(20)21)15-17-13-4-3-12(22-2)9-14(13)18-15/h3-4,9-11H,5-8H2,1-2H3,(H,17,18)(H,20,21). The lowest BCUT2D eigenvalue weighted by atomic mass is 9.96. The maximum absolute atomic E-state index is 11.0. The van der Waals surface area contributed by atoms with Crippen molar-refractivity contribution in [3.63, 3.8) is 0 Å². The lowest BCUT2D eigenvalue weighted by Gasteiger charge is -2.33. The van der Waals surface area contributed by atoms with Gasteiger partial charge in [-0.15, -0.1) is 0 Å². The van der Waals surface area contributed by atoms with Gasteiger partial charge in [0.15, 0.2) is 0 Å². The highest BCUT2D eigenvalue weighted by Crippen LogP contribution is 2.27. The number of hydrogen-bond donors (Lipinski definition) is 2. The van der Waals surface area contributed by atoms with Gasteiger partial charge in [-0.05, 0) is 45.0 Å². The largest absolute Gasteiger partial charge is 0.497 e. The second kappa shape index (κ2) is 5.96. The summed E-state index contributed by atoms with van der Waals surface area (Å²) in [5.74, 6) is 0.834. The van der Waals surface area contributed by atoms with E-state index in [1.54, 1.807) is 7.11 Å². The van der Waals surface area contributed by atoms with E-state index < -0.39 is 5.97 Å². The predicted octanol–water partition coefficient (Wildman–Crippen LogP) is 2.43. The number of rotatable bonds is 4. The molecule has 2 N–H and O–H groups in total. The normalized spacial score (nSPS) is 18.5. The average Bonchev–Trinajstić information content (AvgIpc) is 2.97. The number of hydrogen-bond acceptors (Lipinski definition) is 4. The van der Waals surface area contributed by atoms with Gasteiger partial charge in [0.05, 0.1) is 30.1 Å². The van der Waals surface area contributed by atoms with E-state index in [4.69, 9.17) is 9.84 Å². The van der Waals surface area contributed by atoms with Gasteiger partial charge in [-0.3, -0.25) is 9.69 Å². The van der Waals surface area contributed by atoms with Gasteiger partial charge in [-0.1, -0.05) is 0 Å². The first kappa shape index (κ1) is 14.8. The molecule has 118 valence electrons. The Bertz CT molecular complexity index is 674. The molecule has 6 nitrogen and oxygen atoms in total. The minimum absolute atomic E-state index is 0.146. The molecule has 0 amide bonds. The Morgan fingerprint density at radius 1 is 1.45 bits per heavy atom. The highest BCUT2D eigenvalue weighted by Gasteiger charge is 2.28. The molecule has 0 saturated carbocycles. The Hall–Kier alpha value is -2.08. The molecule has 6 heteroatoms. The summed E-state index contributed by atoms with van der Waals surface area (Å²) in [6, 6.07) is 5.93. The molecule has 1 aliphatic heterocycles. The Morgan fingerprint density at radius 3 is 2.82 bits per heavy atom. The maximum atomic E-state index is 11.0. The number of aliphatic carboxylic acids is 1. The lowest BCUT2D eigenvalue weighted by molar-refractivity contribution is -0.143. The van der Waals surface area contributed by atoms with E-state index in [1.807, 2.05) is 18.2 Å².